The van der Waals surface area contributed by atoms with E-state index in [1.54, 1.807) is 6.26 Å². The van der Waals surface area contributed by atoms with E-state index in [2.05, 4.69) is 92.7 Å². The SMILES string of the molecule is C=COC1CCN(CCCCSc2ccccc2)C1.CCc1c(CNC2(O)CCN(CC3=C(c4ccc(Cl)cc4)CC(C)(C)CC3)CC2)ncnc1NS(=O)(=O)c1ccc(N)c(SC(F)(F)P)c1. The van der Waals surface area contributed by atoms with E-state index >= 15 is 0 Å². The second-order valence-electron chi connectivity index (χ2n) is 18.4. The molecule has 18 heteroatoms. The monoisotopic (exact) mass is 1030 g/mol. The fraction of sp³-hybridized carbons (Fsp3) is 0.480. The smallest absolute Gasteiger partial charge is 0.308 e. The molecule has 68 heavy (non-hydrogen) atoms. The van der Waals surface area contributed by atoms with Crippen LogP contribution in [0.1, 0.15) is 89.0 Å². The molecule has 7 rings (SSSR count). The van der Waals surface area contributed by atoms with E-state index in [4.69, 9.17) is 22.1 Å². The Bertz CT molecular complexity index is 2420. The second-order valence-corrected chi connectivity index (χ2v) is 24.1. The number of likely N-dealkylation sites (tertiary alicyclic amines) is 2. The highest BCUT2D eigenvalue weighted by molar-refractivity contribution is 8.03. The lowest BCUT2D eigenvalue weighted by Gasteiger charge is -2.41. The number of nitrogens with two attached hydrogens (primary N) is 1. The van der Waals surface area contributed by atoms with E-state index in [1.807, 2.05) is 30.8 Å². The van der Waals surface area contributed by atoms with Crippen LogP contribution in [0.25, 0.3) is 5.57 Å². The van der Waals surface area contributed by atoms with Gasteiger partial charge < -0.3 is 15.6 Å². The summed E-state index contributed by atoms with van der Waals surface area (Å²) in [4.78, 5) is 11.3. The number of alkyl halides is 2. The summed E-state index contributed by atoms with van der Waals surface area (Å²) in [5, 5.41) is 15.5. The van der Waals surface area contributed by atoms with Gasteiger partial charge in [-0.3, -0.25) is 19.8 Å². The summed E-state index contributed by atoms with van der Waals surface area (Å²) in [7, 11) is -2.80. The first-order valence-electron chi connectivity index (χ1n) is 23.3. The molecule has 11 nitrogen and oxygen atoms in total. The quantitative estimate of drug-likeness (QED) is 0.0167. The van der Waals surface area contributed by atoms with Crippen molar-refractivity contribution in [3.63, 3.8) is 0 Å². The van der Waals surface area contributed by atoms with Gasteiger partial charge in [0, 0.05) is 78.2 Å². The van der Waals surface area contributed by atoms with Crippen LogP contribution >= 0.6 is 44.4 Å². The molecule has 1 aromatic heterocycles. The van der Waals surface area contributed by atoms with Crippen molar-refractivity contribution >= 4 is 71.5 Å². The lowest BCUT2D eigenvalue weighted by molar-refractivity contribution is -0.0489. The molecule has 3 aromatic carbocycles. The number of hydrogen-bond donors (Lipinski definition) is 4. The van der Waals surface area contributed by atoms with Gasteiger partial charge in [0.2, 0.25) is 0 Å². The van der Waals surface area contributed by atoms with Crippen LogP contribution < -0.4 is 15.8 Å². The van der Waals surface area contributed by atoms with Crippen molar-refractivity contribution in [2.24, 2.45) is 5.41 Å². The lowest BCUT2D eigenvalue weighted by Crippen LogP contribution is -2.53. The Morgan fingerprint density at radius 1 is 1.04 bits per heavy atom. The van der Waals surface area contributed by atoms with E-state index in [9.17, 15) is 22.3 Å². The number of aliphatic hydroxyl groups is 1. The topological polar surface area (TPSA) is 146 Å². The molecule has 2 atom stereocenters. The molecule has 0 bridgehead atoms. The van der Waals surface area contributed by atoms with Crippen molar-refractivity contribution in [1.82, 2.24) is 25.1 Å². The third-order valence-electron chi connectivity index (χ3n) is 12.6. The van der Waals surface area contributed by atoms with Crippen LogP contribution in [-0.2, 0) is 27.7 Å². The zero-order valence-electron chi connectivity index (χ0n) is 39.4. The van der Waals surface area contributed by atoms with Crippen LogP contribution in [0.15, 0.2) is 112 Å². The first-order chi connectivity index (χ1) is 32.3. The summed E-state index contributed by atoms with van der Waals surface area (Å²) in [5.41, 5.74) is 10.1. The number of halogens is 3. The average molecular weight is 1030 g/mol. The van der Waals surface area contributed by atoms with Gasteiger partial charge in [0.15, 0.2) is 0 Å². The van der Waals surface area contributed by atoms with E-state index < -0.39 is 20.7 Å². The summed E-state index contributed by atoms with van der Waals surface area (Å²) in [5.74, 6) is 1.30. The van der Waals surface area contributed by atoms with Crippen molar-refractivity contribution in [1.29, 1.82) is 0 Å². The maximum Gasteiger partial charge on any atom is 0.308 e. The van der Waals surface area contributed by atoms with Gasteiger partial charge in [-0.15, -0.1) is 11.8 Å². The molecule has 2 fully saturated rings. The number of hydrogen-bond acceptors (Lipinski definition) is 12. The number of aromatic nitrogens is 2. The molecule has 0 radical (unpaired) electrons. The van der Waals surface area contributed by atoms with Gasteiger partial charge in [0.05, 0.1) is 16.9 Å². The van der Waals surface area contributed by atoms with Gasteiger partial charge in [-0.25, -0.2) is 18.4 Å². The number of piperidine rings is 1. The molecular weight excluding hydrogens is 963 g/mol. The minimum atomic E-state index is -4.20. The zero-order valence-corrected chi connectivity index (χ0v) is 43.7. The van der Waals surface area contributed by atoms with E-state index in [0.717, 1.165) is 49.9 Å². The lowest BCUT2D eigenvalue weighted by atomic mass is 9.72. The average Bonchev–Trinajstić information content (AvgIpc) is 3.75. The minimum Gasteiger partial charge on any atom is -0.497 e. The van der Waals surface area contributed by atoms with Gasteiger partial charge >= 0.3 is 5.00 Å². The number of allylic oxidation sites excluding steroid dienone is 1. The number of benzene rings is 3. The highest BCUT2D eigenvalue weighted by Gasteiger charge is 2.35. The number of ether oxygens (including phenoxy) is 1. The number of sulfonamides is 1. The van der Waals surface area contributed by atoms with Crippen molar-refractivity contribution in [2.75, 3.05) is 55.5 Å². The number of nitrogens with zero attached hydrogens (tertiary/aromatic N) is 4. The summed E-state index contributed by atoms with van der Waals surface area (Å²) in [6, 6.07) is 22.4. The highest BCUT2D eigenvalue weighted by atomic mass is 35.5. The molecule has 5 N–H and O–H groups in total. The molecular formula is C50H67ClF2N7O4PS3. The van der Waals surface area contributed by atoms with Crippen molar-refractivity contribution < 1.29 is 27.0 Å². The van der Waals surface area contributed by atoms with Gasteiger partial charge in [-0.1, -0.05) is 74.9 Å². The fourth-order valence-corrected chi connectivity index (χ4v) is 12.0. The Labute approximate surface area is 418 Å². The summed E-state index contributed by atoms with van der Waals surface area (Å²) >= 11 is 8.28. The van der Waals surface area contributed by atoms with Crippen LogP contribution in [0, 0.1) is 5.41 Å². The first-order valence-corrected chi connectivity index (χ1v) is 27.5. The molecule has 2 saturated heterocycles. The molecule has 3 aliphatic rings. The fourth-order valence-electron chi connectivity index (χ4n) is 8.80. The standard InChI is InChI=1S/C34H44ClF2N6O3PS2.C16H23NOS/c1-4-26-29(39-21-40-31(26)42-49(45,46)25-9-10-28(38)30(17-25)48-34(36,37)47)19-41-33(44)13-15-43(16-14-33)20-23-11-12-32(2,3)18-27(23)22-5-7-24(35)8-6-22;1-2-18-15-10-12-17(14-15)11-6-7-13-19-16-8-4-3-5-9-16/h5-10,17,21,41,44H,4,11-16,18-20,38,47H2,1-3H3,(H,39,40,42);2-5,8-9,15H,1,6-7,10-14H2. The Kier molecular flexibility index (Phi) is 19.6. The molecule has 0 amide bonds. The largest absolute Gasteiger partial charge is 0.497 e. The molecule has 0 spiro atoms. The van der Waals surface area contributed by atoms with Crippen LogP contribution in [0.3, 0.4) is 0 Å². The van der Waals surface area contributed by atoms with Crippen molar-refractivity contribution in [3.05, 3.63) is 119 Å². The van der Waals surface area contributed by atoms with Gasteiger partial charge in [0.1, 0.15) is 24.0 Å². The Hall–Kier alpha value is -3.31. The zero-order chi connectivity index (χ0) is 49.0. The van der Waals surface area contributed by atoms with E-state index in [-0.39, 0.29) is 45.0 Å². The predicted molar refractivity (Wildman–Crippen MR) is 280 cm³/mol. The predicted octanol–water partition coefficient (Wildman–Crippen LogP) is 10.9. The third kappa shape index (κ3) is 16.4. The Balaban J connectivity index is 0.000000333. The van der Waals surface area contributed by atoms with Crippen LogP contribution in [0.4, 0.5) is 20.3 Å². The van der Waals surface area contributed by atoms with E-state index in [1.165, 1.54) is 81.0 Å². The number of nitrogen functional groups attached to an aromatic ring is 1. The van der Waals surface area contributed by atoms with Crippen molar-refractivity contribution in [2.45, 2.75) is 117 Å². The maximum atomic E-state index is 13.6. The van der Waals surface area contributed by atoms with Crippen LogP contribution in [0.2, 0.25) is 5.02 Å². The molecule has 4 aromatic rings. The number of unbranched alkanes of at least 4 members (excludes halogenated alkanes) is 1. The van der Waals surface area contributed by atoms with Crippen molar-refractivity contribution in [3.8, 4) is 0 Å². The molecule has 2 aliphatic heterocycles. The third-order valence-corrected chi connectivity index (χ3v) is 16.5. The molecule has 0 saturated carbocycles. The molecule has 1 aliphatic carbocycles. The molecule has 2 unspecified atom stereocenters. The summed E-state index contributed by atoms with van der Waals surface area (Å²) in [6.07, 6.45) is 11.5. The maximum absolute atomic E-state index is 13.6. The summed E-state index contributed by atoms with van der Waals surface area (Å²) < 4.78 is 61.8. The normalized spacial score (nSPS) is 18.7. The van der Waals surface area contributed by atoms with E-state index in [0.29, 0.717) is 49.7 Å². The molecule has 3 heterocycles. The number of nitrogens with one attached hydrogen (secondary N) is 2. The Morgan fingerprint density at radius 3 is 2.47 bits per heavy atom. The van der Waals surface area contributed by atoms with Gasteiger partial charge in [0.25, 0.3) is 10.0 Å². The highest BCUT2D eigenvalue weighted by Crippen LogP contribution is 2.45. The minimum absolute atomic E-state index is 0.0392. The van der Waals surface area contributed by atoms with Crippen LogP contribution in [0.5, 0.6) is 0 Å². The van der Waals surface area contributed by atoms with Gasteiger partial charge in [-0.05, 0) is 137 Å². The van der Waals surface area contributed by atoms with Crippen LogP contribution in [-0.4, -0.2) is 95.1 Å². The second kappa shape index (κ2) is 24.7. The van der Waals surface area contributed by atoms with Gasteiger partial charge in [-0.2, -0.15) is 8.78 Å². The number of anilines is 2. The molecule has 370 valence electrons. The number of rotatable bonds is 20. The Morgan fingerprint density at radius 2 is 1.78 bits per heavy atom. The summed E-state index contributed by atoms with van der Waals surface area (Å²) in [6.45, 7) is 16.0. The number of thioether (sulfide) groups is 2. The first kappa shape index (κ1) is 54.0.